The highest BCUT2D eigenvalue weighted by Gasteiger charge is 2.28. The van der Waals surface area contributed by atoms with Crippen molar-refractivity contribution < 1.29 is 9.53 Å². The first-order valence-corrected chi connectivity index (χ1v) is 10.4. The van der Waals surface area contributed by atoms with Gasteiger partial charge in [-0.1, -0.05) is 24.4 Å². The van der Waals surface area contributed by atoms with E-state index in [1.54, 1.807) is 19.2 Å². The molecule has 144 valence electrons. The molecule has 0 N–H and O–H groups in total. The maximum atomic E-state index is 13.1. The molecule has 1 amide bonds. The summed E-state index contributed by atoms with van der Waals surface area (Å²) in [6.45, 7) is 4.40. The van der Waals surface area contributed by atoms with Gasteiger partial charge in [0, 0.05) is 24.7 Å². The lowest BCUT2D eigenvalue weighted by Crippen LogP contribution is -2.45. The Balaban J connectivity index is 1.63. The van der Waals surface area contributed by atoms with Crippen LogP contribution in [0.15, 0.2) is 18.2 Å². The molecule has 26 heavy (non-hydrogen) atoms. The fraction of sp³-hybridized carbons (Fsp3) is 0.667. The van der Waals surface area contributed by atoms with Gasteiger partial charge in [0.15, 0.2) is 0 Å². The van der Waals surface area contributed by atoms with Crippen molar-refractivity contribution in [3.63, 3.8) is 0 Å². The van der Waals surface area contributed by atoms with Crippen molar-refractivity contribution in [2.75, 3.05) is 33.3 Å². The second kappa shape index (κ2) is 9.61. The molecule has 2 aliphatic rings. The molecule has 0 saturated carbocycles. The highest BCUT2D eigenvalue weighted by Crippen LogP contribution is 2.28. The van der Waals surface area contributed by atoms with E-state index in [1.807, 2.05) is 6.07 Å². The lowest BCUT2D eigenvalue weighted by atomic mass is 9.97. The number of nitrogens with zero attached hydrogens (tertiary/aromatic N) is 2. The summed E-state index contributed by atoms with van der Waals surface area (Å²) in [5.74, 6) is 0.717. The van der Waals surface area contributed by atoms with E-state index in [-0.39, 0.29) is 5.91 Å². The molecule has 1 aromatic rings. The van der Waals surface area contributed by atoms with Crippen LogP contribution < -0.4 is 4.74 Å². The highest BCUT2D eigenvalue weighted by atomic mass is 35.5. The summed E-state index contributed by atoms with van der Waals surface area (Å²) in [5, 5.41) is 0.497. The van der Waals surface area contributed by atoms with Gasteiger partial charge in [-0.15, -0.1) is 0 Å². The van der Waals surface area contributed by atoms with Gasteiger partial charge in [0.1, 0.15) is 5.75 Å². The largest absolute Gasteiger partial charge is 0.495 e. The molecule has 4 nitrogen and oxygen atoms in total. The standard InChI is InChI=1S/C21H31ClN2O2/c1-26-20-10-9-17(16-19(20)22)21(25)24-14-7-4-8-18(24)11-15-23-12-5-2-3-6-13-23/h9-10,16,18H,2-8,11-15H2,1H3/t18-/m0/s1. The van der Waals surface area contributed by atoms with Crippen molar-refractivity contribution in [3.05, 3.63) is 28.8 Å². The van der Waals surface area contributed by atoms with Crippen molar-refractivity contribution in [2.24, 2.45) is 0 Å². The fourth-order valence-corrected chi connectivity index (χ4v) is 4.48. The number of ether oxygens (including phenoxy) is 1. The van der Waals surface area contributed by atoms with E-state index >= 15 is 0 Å². The molecule has 2 heterocycles. The van der Waals surface area contributed by atoms with Crippen LogP contribution in [0.2, 0.25) is 5.02 Å². The van der Waals surface area contributed by atoms with Gasteiger partial charge in [-0.25, -0.2) is 0 Å². The van der Waals surface area contributed by atoms with Crippen LogP contribution in [0.4, 0.5) is 0 Å². The van der Waals surface area contributed by atoms with E-state index in [0.29, 0.717) is 22.4 Å². The Bertz CT molecular complexity index is 600. The van der Waals surface area contributed by atoms with Crippen LogP contribution in [0, 0.1) is 0 Å². The number of carbonyl (C=O) groups is 1. The van der Waals surface area contributed by atoms with E-state index < -0.39 is 0 Å². The number of likely N-dealkylation sites (tertiary alicyclic amines) is 2. The Morgan fingerprint density at radius 1 is 1.12 bits per heavy atom. The zero-order chi connectivity index (χ0) is 18.4. The first kappa shape index (κ1) is 19.5. The predicted molar refractivity (Wildman–Crippen MR) is 106 cm³/mol. The first-order chi connectivity index (χ1) is 12.7. The number of rotatable bonds is 5. The number of hydrogen-bond acceptors (Lipinski definition) is 3. The van der Waals surface area contributed by atoms with Gasteiger partial charge < -0.3 is 14.5 Å². The molecule has 2 fully saturated rings. The quantitative estimate of drug-likeness (QED) is 0.750. The third kappa shape index (κ3) is 4.92. The zero-order valence-corrected chi connectivity index (χ0v) is 16.6. The number of piperidine rings is 1. The molecule has 1 aromatic carbocycles. The Hall–Kier alpha value is -1.26. The molecule has 0 aromatic heterocycles. The Morgan fingerprint density at radius 2 is 1.85 bits per heavy atom. The molecule has 2 saturated heterocycles. The van der Waals surface area contributed by atoms with Crippen LogP contribution >= 0.6 is 11.6 Å². The van der Waals surface area contributed by atoms with Crippen LogP contribution in [-0.4, -0.2) is 55.0 Å². The van der Waals surface area contributed by atoms with Crippen LogP contribution in [0.25, 0.3) is 0 Å². The molecule has 5 heteroatoms. The van der Waals surface area contributed by atoms with Gasteiger partial charge in [-0.3, -0.25) is 4.79 Å². The first-order valence-electron chi connectivity index (χ1n) is 10.1. The maximum Gasteiger partial charge on any atom is 0.254 e. The normalized spacial score (nSPS) is 22.1. The molecule has 0 spiro atoms. The van der Waals surface area contributed by atoms with Crippen molar-refractivity contribution in [1.29, 1.82) is 0 Å². The van der Waals surface area contributed by atoms with Crippen molar-refractivity contribution in [1.82, 2.24) is 9.80 Å². The van der Waals surface area contributed by atoms with Crippen LogP contribution in [0.5, 0.6) is 5.75 Å². The van der Waals surface area contributed by atoms with E-state index in [9.17, 15) is 4.79 Å². The SMILES string of the molecule is COc1ccc(C(=O)N2CCCC[C@H]2CCN2CCCCCC2)cc1Cl. The topological polar surface area (TPSA) is 32.8 Å². The minimum Gasteiger partial charge on any atom is -0.495 e. The Kier molecular flexibility index (Phi) is 7.21. The molecule has 0 radical (unpaired) electrons. The Labute approximate surface area is 162 Å². The second-order valence-corrected chi connectivity index (χ2v) is 7.95. The fourth-order valence-electron chi connectivity index (χ4n) is 4.22. The highest BCUT2D eigenvalue weighted by molar-refractivity contribution is 6.32. The van der Waals surface area contributed by atoms with E-state index in [2.05, 4.69) is 9.80 Å². The summed E-state index contributed by atoms with van der Waals surface area (Å²) in [4.78, 5) is 17.8. The summed E-state index contributed by atoms with van der Waals surface area (Å²) in [6.07, 6.45) is 9.87. The van der Waals surface area contributed by atoms with Crippen molar-refractivity contribution >= 4 is 17.5 Å². The van der Waals surface area contributed by atoms with Gasteiger partial charge in [0.2, 0.25) is 0 Å². The molecule has 0 aliphatic carbocycles. The number of methoxy groups -OCH3 is 1. The van der Waals surface area contributed by atoms with Crippen LogP contribution in [0.3, 0.4) is 0 Å². The summed E-state index contributed by atoms with van der Waals surface area (Å²) in [6, 6.07) is 5.70. The number of carbonyl (C=O) groups excluding carboxylic acids is 1. The number of hydrogen-bond donors (Lipinski definition) is 0. The molecule has 0 unspecified atom stereocenters. The minimum absolute atomic E-state index is 0.107. The third-order valence-electron chi connectivity index (χ3n) is 5.76. The van der Waals surface area contributed by atoms with Crippen LogP contribution in [-0.2, 0) is 0 Å². The lowest BCUT2D eigenvalue weighted by Gasteiger charge is -2.37. The summed E-state index contributed by atoms with van der Waals surface area (Å²) in [5.41, 5.74) is 0.664. The maximum absolute atomic E-state index is 13.1. The van der Waals surface area contributed by atoms with Crippen molar-refractivity contribution in [3.8, 4) is 5.75 Å². The second-order valence-electron chi connectivity index (χ2n) is 7.54. The molecule has 3 rings (SSSR count). The predicted octanol–water partition coefficient (Wildman–Crippen LogP) is 4.61. The van der Waals surface area contributed by atoms with Crippen molar-refractivity contribution in [2.45, 2.75) is 57.4 Å². The summed E-state index contributed by atoms with van der Waals surface area (Å²) in [7, 11) is 1.59. The third-order valence-corrected chi connectivity index (χ3v) is 6.06. The van der Waals surface area contributed by atoms with Crippen LogP contribution in [0.1, 0.15) is 61.7 Å². The van der Waals surface area contributed by atoms with E-state index in [4.69, 9.17) is 16.3 Å². The molecule has 0 bridgehead atoms. The summed E-state index contributed by atoms with van der Waals surface area (Å²) >= 11 is 6.22. The average Bonchev–Trinajstić information content (AvgIpc) is 2.95. The van der Waals surface area contributed by atoms with Gasteiger partial charge >= 0.3 is 0 Å². The number of benzene rings is 1. The van der Waals surface area contributed by atoms with Gasteiger partial charge in [0.25, 0.3) is 5.91 Å². The van der Waals surface area contributed by atoms with E-state index in [0.717, 1.165) is 32.4 Å². The average molecular weight is 379 g/mol. The molecular weight excluding hydrogens is 348 g/mol. The van der Waals surface area contributed by atoms with E-state index in [1.165, 1.54) is 45.2 Å². The monoisotopic (exact) mass is 378 g/mol. The molecule has 1 atom stereocenters. The molecule has 2 aliphatic heterocycles. The lowest BCUT2D eigenvalue weighted by molar-refractivity contribution is 0.0584. The Morgan fingerprint density at radius 3 is 2.54 bits per heavy atom. The smallest absolute Gasteiger partial charge is 0.254 e. The minimum atomic E-state index is 0.107. The zero-order valence-electron chi connectivity index (χ0n) is 15.9. The number of halogens is 1. The van der Waals surface area contributed by atoms with Gasteiger partial charge in [0.05, 0.1) is 12.1 Å². The van der Waals surface area contributed by atoms with Gasteiger partial charge in [-0.2, -0.15) is 0 Å². The summed E-state index contributed by atoms with van der Waals surface area (Å²) < 4.78 is 5.20. The van der Waals surface area contributed by atoms with Gasteiger partial charge in [-0.05, 0) is 69.8 Å². The molecular formula is C21H31ClN2O2. The number of amides is 1.